The second-order valence-corrected chi connectivity index (χ2v) is 5.55. The topological polar surface area (TPSA) is 87.9 Å². The van der Waals surface area contributed by atoms with Crippen LogP contribution in [0, 0.1) is 6.92 Å². The number of likely N-dealkylation sites (tertiary alicyclic amines) is 1. The summed E-state index contributed by atoms with van der Waals surface area (Å²) in [6.45, 7) is 2.59. The van der Waals surface area contributed by atoms with Gasteiger partial charge < -0.3 is 9.42 Å². The number of aromatic nitrogens is 4. The van der Waals surface area contributed by atoms with E-state index < -0.39 is 0 Å². The first kappa shape index (κ1) is 13.0. The third-order valence-electron chi connectivity index (χ3n) is 4.06. The van der Waals surface area contributed by atoms with Crippen molar-refractivity contribution in [3.8, 4) is 0 Å². The van der Waals surface area contributed by atoms with Crippen LogP contribution in [0.2, 0.25) is 0 Å². The Morgan fingerprint density at radius 1 is 1.32 bits per heavy atom. The number of fused-ring (bicyclic) bond motifs is 1. The van der Waals surface area contributed by atoms with Crippen LogP contribution in [0.3, 0.4) is 0 Å². The number of hydrogen-bond acceptors (Lipinski definition) is 5. The summed E-state index contributed by atoms with van der Waals surface area (Å²) in [5, 5.41) is 14.7. The third-order valence-corrected chi connectivity index (χ3v) is 4.06. The van der Waals surface area contributed by atoms with E-state index >= 15 is 0 Å². The van der Waals surface area contributed by atoms with Gasteiger partial charge in [0.05, 0.1) is 6.04 Å². The van der Waals surface area contributed by atoms with E-state index in [0.717, 1.165) is 36.4 Å². The predicted molar refractivity (Wildman–Crippen MR) is 78.1 cm³/mol. The van der Waals surface area contributed by atoms with Crippen molar-refractivity contribution < 1.29 is 9.32 Å². The van der Waals surface area contributed by atoms with Crippen molar-refractivity contribution in [1.29, 1.82) is 0 Å². The van der Waals surface area contributed by atoms with Gasteiger partial charge in [-0.2, -0.15) is 15.4 Å². The Bertz CT molecular complexity index is 837. The van der Waals surface area contributed by atoms with E-state index in [-0.39, 0.29) is 11.9 Å². The molecular formula is C15H15N5O2. The Morgan fingerprint density at radius 2 is 2.18 bits per heavy atom. The summed E-state index contributed by atoms with van der Waals surface area (Å²) in [5.41, 5.74) is 2.89. The highest BCUT2D eigenvalue weighted by molar-refractivity contribution is 5.97. The summed E-state index contributed by atoms with van der Waals surface area (Å²) in [5.74, 6) is 0.756. The van der Waals surface area contributed by atoms with E-state index in [4.69, 9.17) is 4.52 Å². The molecule has 1 aliphatic rings. The number of hydrogen-bond donors (Lipinski definition) is 1. The summed E-state index contributed by atoms with van der Waals surface area (Å²) >= 11 is 0. The van der Waals surface area contributed by atoms with Crippen LogP contribution >= 0.6 is 0 Å². The number of nitrogens with zero attached hydrogens (tertiary/aromatic N) is 4. The van der Waals surface area contributed by atoms with Crippen molar-refractivity contribution in [2.24, 2.45) is 0 Å². The molecule has 7 nitrogen and oxygen atoms in total. The zero-order valence-electron chi connectivity index (χ0n) is 12.1. The molecule has 1 N–H and O–H groups in total. The number of benzene rings is 1. The molecule has 1 atom stereocenters. The fourth-order valence-electron chi connectivity index (χ4n) is 3.00. The van der Waals surface area contributed by atoms with Crippen molar-refractivity contribution in [1.82, 2.24) is 25.5 Å². The molecule has 0 spiro atoms. The lowest BCUT2D eigenvalue weighted by Crippen LogP contribution is -2.30. The van der Waals surface area contributed by atoms with Gasteiger partial charge in [-0.25, -0.2) is 0 Å². The molecule has 0 unspecified atom stereocenters. The number of carbonyl (C=O) groups excluding carboxylic acids is 1. The molecule has 1 aliphatic heterocycles. The lowest BCUT2D eigenvalue weighted by atomic mass is 10.1. The van der Waals surface area contributed by atoms with E-state index in [1.54, 1.807) is 18.2 Å². The normalized spacial score (nSPS) is 18.2. The molecule has 22 heavy (non-hydrogen) atoms. The first-order valence-electron chi connectivity index (χ1n) is 7.27. The van der Waals surface area contributed by atoms with E-state index in [2.05, 4.69) is 20.6 Å². The van der Waals surface area contributed by atoms with Crippen LogP contribution in [0.4, 0.5) is 0 Å². The Kier molecular flexibility index (Phi) is 2.92. The number of amides is 1. The lowest BCUT2D eigenvalue weighted by Gasteiger charge is -2.23. The molecule has 0 aliphatic carbocycles. The largest absolute Gasteiger partial charge is 0.361 e. The van der Waals surface area contributed by atoms with E-state index in [9.17, 15) is 4.79 Å². The number of nitrogens with one attached hydrogen (secondary N) is 1. The zero-order valence-corrected chi connectivity index (χ0v) is 12.1. The molecule has 1 amide bonds. The molecule has 2 aromatic heterocycles. The smallest absolute Gasteiger partial charge is 0.254 e. The van der Waals surface area contributed by atoms with E-state index in [1.165, 1.54) is 0 Å². The summed E-state index contributed by atoms with van der Waals surface area (Å²) < 4.78 is 5.15. The van der Waals surface area contributed by atoms with Gasteiger partial charge in [-0.3, -0.25) is 4.79 Å². The van der Waals surface area contributed by atoms with Crippen LogP contribution in [0.1, 0.15) is 40.7 Å². The molecule has 0 bridgehead atoms. The van der Waals surface area contributed by atoms with Gasteiger partial charge in [-0.05, 0) is 38.0 Å². The molecule has 0 saturated carbocycles. The summed E-state index contributed by atoms with van der Waals surface area (Å²) in [7, 11) is 0. The molecule has 1 saturated heterocycles. The Hall–Kier alpha value is -2.70. The summed E-state index contributed by atoms with van der Waals surface area (Å²) in [4.78, 5) is 14.7. The number of aromatic amines is 1. The standard InChI is InChI=1S/C15H15N5O2/c1-9-7-13(18-22-9)14-3-2-6-20(14)15(21)10-4-5-11-12(8-10)17-19-16-11/h4-5,7-8,14H,2-3,6H2,1H3,(H,16,17,19)/t14-/m0/s1. The molecule has 112 valence electrons. The molecule has 3 heterocycles. The average Bonchev–Trinajstić information content (AvgIpc) is 3.25. The van der Waals surface area contributed by atoms with Gasteiger partial charge in [0.15, 0.2) is 0 Å². The highest BCUT2D eigenvalue weighted by Gasteiger charge is 2.32. The van der Waals surface area contributed by atoms with Gasteiger partial charge in [-0.15, -0.1) is 0 Å². The Labute approximate surface area is 126 Å². The van der Waals surface area contributed by atoms with Crippen LogP contribution in [-0.4, -0.2) is 37.9 Å². The number of H-pyrrole nitrogens is 1. The molecule has 1 fully saturated rings. The van der Waals surface area contributed by atoms with Gasteiger partial charge in [-0.1, -0.05) is 5.16 Å². The Balaban J connectivity index is 1.65. The second-order valence-electron chi connectivity index (χ2n) is 5.55. The highest BCUT2D eigenvalue weighted by atomic mass is 16.5. The monoisotopic (exact) mass is 297 g/mol. The maximum Gasteiger partial charge on any atom is 0.254 e. The van der Waals surface area contributed by atoms with Crippen LogP contribution < -0.4 is 0 Å². The van der Waals surface area contributed by atoms with E-state index in [0.29, 0.717) is 11.1 Å². The second kappa shape index (κ2) is 4.94. The van der Waals surface area contributed by atoms with Gasteiger partial charge in [0.1, 0.15) is 22.5 Å². The highest BCUT2D eigenvalue weighted by Crippen LogP contribution is 2.32. The summed E-state index contributed by atoms with van der Waals surface area (Å²) in [6, 6.07) is 7.24. The average molecular weight is 297 g/mol. The van der Waals surface area contributed by atoms with Crippen molar-refractivity contribution in [3.63, 3.8) is 0 Å². The first-order valence-corrected chi connectivity index (χ1v) is 7.27. The number of carbonyl (C=O) groups is 1. The maximum atomic E-state index is 12.8. The minimum atomic E-state index is -0.0158. The minimum Gasteiger partial charge on any atom is -0.361 e. The Morgan fingerprint density at radius 3 is 3.00 bits per heavy atom. The van der Waals surface area contributed by atoms with Crippen molar-refractivity contribution >= 4 is 16.9 Å². The van der Waals surface area contributed by atoms with Crippen LogP contribution in [0.15, 0.2) is 28.8 Å². The lowest BCUT2D eigenvalue weighted by molar-refractivity contribution is 0.0731. The molecule has 4 rings (SSSR count). The molecule has 0 radical (unpaired) electrons. The molecule has 1 aromatic carbocycles. The van der Waals surface area contributed by atoms with Crippen molar-refractivity contribution in [3.05, 3.63) is 41.3 Å². The SMILES string of the molecule is Cc1cc([C@@H]2CCCN2C(=O)c2ccc3n[nH]nc3c2)no1. The third kappa shape index (κ3) is 2.05. The van der Waals surface area contributed by atoms with E-state index in [1.807, 2.05) is 17.9 Å². The van der Waals surface area contributed by atoms with Gasteiger partial charge in [0.25, 0.3) is 5.91 Å². The van der Waals surface area contributed by atoms with Crippen LogP contribution in [0.5, 0.6) is 0 Å². The van der Waals surface area contributed by atoms with Crippen LogP contribution in [-0.2, 0) is 0 Å². The minimum absolute atomic E-state index is 0.00643. The van der Waals surface area contributed by atoms with Gasteiger partial charge in [0.2, 0.25) is 0 Å². The predicted octanol–water partition coefficient (Wildman–Crippen LogP) is 2.23. The zero-order chi connectivity index (χ0) is 15.1. The van der Waals surface area contributed by atoms with Crippen molar-refractivity contribution in [2.45, 2.75) is 25.8 Å². The van der Waals surface area contributed by atoms with Crippen molar-refractivity contribution in [2.75, 3.05) is 6.54 Å². The van der Waals surface area contributed by atoms with Gasteiger partial charge in [0, 0.05) is 18.2 Å². The fraction of sp³-hybridized carbons (Fsp3) is 0.333. The summed E-state index contributed by atoms with van der Waals surface area (Å²) in [6.07, 6.45) is 1.87. The van der Waals surface area contributed by atoms with Gasteiger partial charge >= 0.3 is 0 Å². The molecular weight excluding hydrogens is 282 g/mol. The molecule has 3 aromatic rings. The molecule has 7 heteroatoms. The number of rotatable bonds is 2. The fourth-order valence-corrected chi connectivity index (χ4v) is 3.00. The van der Waals surface area contributed by atoms with Crippen LogP contribution in [0.25, 0.3) is 11.0 Å². The quantitative estimate of drug-likeness (QED) is 0.783. The number of aryl methyl sites for hydroxylation is 1. The maximum absolute atomic E-state index is 12.8. The first-order chi connectivity index (χ1) is 10.7.